The van der Waals surface area contributed by atoms with Gasteiger partial charge in [-0.2, -0.15) is 12.6 Å². The summed E-state index contributed by atoms with van der Waals surface area (Å²) in [6.07, 6.45) is -0.777. The molecule has 0 bridgehead atoms. The summed E-state index contributed by atoms with van der Waals surface area (Å²) in [5.74, 6) is -0.939. The molecule has 0 spiro atoms. The summed E-state index contributed by atoms with van der Waals surface area (Å²) in [5.41, 5.74) is 0.972. The van der Waals surface area contributed by atoms with Gasteiger partial charge in [0.1, 0.15) is 11.9 Å². The maximum absolute atomic E-state index is 12.2. The molecule has 2 aromatic carbocycles. The van der Waals surface area contributed by atoms with Crippen LogP contribution in [0.5, 0.6) is 5.75 Å². The molecule has 7 nitrogen and oxygen atoms in total. The number of imide groups is 1. The van der Waals surface area contributed by atoms with Crippen molar-refractivity contribution in [2.24, 2.45) is 0 Å². The summed E-state index contributed by atoms with van der Waals surface area (Å²) < 4.78 is 10.4. The Morgan fingerprint density at radius 2 is 1.71 bits per heavy atom. The maximum Gasteiger partial charge on any atom is 0.414 e. The standard InChI is InChI=1S/C20H21NO6S/c22-16-10-8-14(9-11-16)17(7-4-12-26-18(23)13-28)27-20(25)21-19(24)15-5-2-1-3-6-15/h1-3,5-6,8-11,17,22,28H,4,7,12-13H2,(H,21,24,25)/t17-/m0/s1. The second kappa shape index (κ2) is 11.0. The van der Waals surface area contributed by atoms with Gasteiger partial charge in [0, 0.05) is 5.56 Å². The molecule has 0 fully saturated rings. The van der Waals surface area contributed by atoms with Crippen molar-refractivity contribution in [1.82, 2.24) is 5.32 Å². The number of hydrogen-bond donors (Lipinski definition) is 3. The molecule has 2 aromatic rings. The fraction of sp³-hybridized carbons (Fsp3) is 0.250. The topological polar surface area (TPSA) is 102 Å². The highest BCUT2D eigenvalue weighted by Crippen LogP contribution is 2.25. The van der Waals surface area contributed by atoms with E-state index in [1.807, 2.05) is 0 Å². The molecule has 148 valence electrons. The van der Waals surface area contributed by atoms with Crippen LogP contribution >= 0.6 is 12.6 Å². The molecule has 0 heterocycles. The summed E-state index contributed by atoms with van der Waals surface area (Å²) in [5, 5.41) is 11.6. The number of ether oxygens (including phenoxy) is 2. The highest BCUT2D eigenvalue weighted by Gasteiger charge is 2.19. The van der Waals surface area contributed by atoms with Crippen LogP contribution in [0.1, 0.15) is 34.9 Å². The number of hydrogen-bond acceptors (Lipinski definition) is 7. The molecule has 8 heteroatoms. The van der Waals surface area contributed by atoms with E-state index in [-0.39, 0.29) is 18.1 Å². The minimum Gasteiger partial charge on any atom is -0.508 e. The number of rotatable bonds is 8. The Bertz CT molecular complexity index is 794. The van der Waals surface area contributed by atoms with Crippen molar-refractivity contribution in [3.05, 3.63) is 65.7 Å². The van der Waals surface area contributed by atoms with Crippen molar-refractivity contribution in [2.75, 3.05) is 12.4 Å². The van der Waals surface area contributed by atoms with E-state index < -0.39 is 24.1 Å². The molecule has 0 unspecified atom stereocenters. The Labute approximate surface area is 168 Å². The van der Waals surface area contributed by atoms with E-state index in [2.05, 4.69) is 17.9 Å². The lowest BCUT2D eigenvalue weighted by molar-refractivity contribution is -0.140. The number of carbonyl (C=O) groups is 3. The third-order valence-electron chi connectivity index (χ3n) is 3.77. The van der Waals surface area contributed by atoms with E-state index in [1.165, 1.54) is 12.1 Å². The molecule has 2 N–H and O–H groups in total. The van der Waals surface area contributed by atoms with Gasteiger partial charge < -0.3 is 14.6 Å². The average Bonchev–Trinajstić information content (AvgIpc) is 2.71. The lowest BCUT2D eigenvalue weighted by atomic mass is 10.0. The van der Waals surface area contributed by atoms with Gasteiger partial charge >= 0.3 is 12.1 Å². The van der Waals surface area contributed by atoms with Crippen molar-refractivity contribution < 1.29 is 29.0 Å². The first-order valence-electron chi connectivity index (χ1n) is 8.62. The van der Waals surface area contributed by atoms with Crippen LogP contribution in [0.3, 0.4) is 0 Å². The smallest absolute Gasteiger partial charge is 0.414 e. The molecule has 0 aliphatic carbocycles. The Morgan fingerprint density at radius 1 is 1.04 bits per heavy atom. The van der Waals surface area contributed by atoms with Gasteiger partial charge in [-0.3, -0.25) is 14.9 Å². The first kappa shape index (κ1) is 21.3. The highest BCUT2D eigenvalue weighted by atomic mass is 32.1. The molecule has 0 saturated carbocycles. The summed E-state index contributed by atoms with van der Waals surface area (Å²) in [6.45, 7) is 0.155. The van der Waals surface area contributed by atoms with Gasteiger partial charge in [-0.1, -0.05) is 30.3 Å². The van der Waals surface area contributed by atoms with Crippen LogP contribution in [-0.4, -0.2) is 35.4 Å². The molecule has 1 atom stereocenters. The zero-order valence-electron chi connectivity index (χ0n) is 15.0. The zero-order chi connectivity index (χ0) is 20.4. The van der Waals surface area contributed by atoms with Crippen molar-refractivity contribution in [2.45, 2.75) is 18.9 Å². The number of nitrogens with one attached hydrogen (secondary N) is 1. The maximum atomic E-state index is 12.2. The molecule has 2 rings (SSSR count). The molecule has 0 aliphatic rings. The molecular weight excluding hydrogens is 382 g/mol. The first-order valence-corrected chi connectivity index (χ1v) is 9.25. The van der Waals surface area contributed by atoms with Crippen LogP contribution in [0.4, 0.5) is 4.79 Å². The van der Waals surface area contributed by atoms with Crippen molar-refractivity contribution in [1.29, 1.82) is 0 Å². The Morgan fingerprint density at radius 3 is 2.36 bits per heavy atom. The van der Waals surface area contributed by atoms with E-state index in [1.54, 1.807) is 42.5 Å². The highest BCUT2D eigenvalue weighted by molar-refractivity contribution is 7.81. The Hall–Kier alpha value is -3.00. The summed E-state index contributed by atoms with van der Waals surface area (Å²) in [6, 6.07) is 14.5. The lowest BCUT2D eigenvalue weighted by Gasteiger charge is -2.18. The first-order chi connectivity index (χ1) is 13.5. The monoisotopic (exact) mass is 403 g/mol. The fourth-order valence-electron chi connectivity index (χ4n) is 2.40. The number of phenols is 1. The number of thiol groups is 1. The van der Waals surface area contributed by atoms with Crippen LogP contribution in [0.15, 0.2) is 54.6 Å². The van der Waals surface area contributed by atoms with Gasteiger partial charge in [0.15, 0.2) is 0 Å². The number of alkyl carbamates (subject to hydrolysis) is 1. The molecule has 0 radical (unpaired) electrons. The SMILES string of the molecule is O=C(CS)OCCC[C@H](OC(=O)NC(=O)c1ccccc1)c1ccc(O)cc1. The Balaban J connectivity index is 1.97. The van der Waals surface area contributed by atoms with Gasteiger partial charge in [-0.25, -0.2) is 4.79 Å². The number of carbonyl (C=O) groups excluding carboxylic acids is 3. The molecule has 0 saturated heterocycles. The van der Waals surface area contributed by atoms with Crippen LogP contribution < -0.4 is 5.32 Å². The number of phenolic OH excluding ortho intramolecular Hbond substituents is 1. The van der Waals surface area contributed by atoms with Crippen molar-refractivity contribution in [3.63, 3.8) is 0 Å². The second-order valence-corrected chi connectivity index (χ2v) is 6.14. The number of esters is 1. The molecular formula is C20H21NO6S. The van der Waals surface area contributed by atoms with Gasteiger partial charge in [0.25, 0.3) is 5.91 Å². The van der Waals surface area contributed by atoms with Gasteiger partial charge in [-0.15, -0.1) is 0 Å². The van der Waals surface area contributed by atoms with E-state index in [4.69, 9.17) is 9.47 Å². The summed E-state index contributed by atoms with van der Waals surface area (Å²) in [4.78, 5) is 35.4. The molecule has 0 aliphatic heterocycles. The van der Waals surface area contributed by atoms with Gasteiger partial charge in [-0.05, 0) is 42.7 Å². The minimum atomic E-state index is -0.890. The van der Waals surface area contributed by atoms with Crippen LogP contribution in [0.2, 0.25) is 0 Å². The third kappa shape index (κ3) is 6.96. The molecule has 28 heavy (non-hydrogen) atoms. The predicted octanol–water partition coefficient (Wildman–Crippen LogP) is 3.25. The van der Waals surface area contributed by atoms with E-state index in [9.17, 15) is 19.5 Å². The van der Waals surface area contributed by atoms with Crippen LogP contribution in [0, 0.1) is 0 Å². The van der Waals surface area contributed by atoms with E-state index in [0.29, 0.717) is 24.0 Å². The fourth-order valence-corrected chi connectivity index (χ4v) is 2.49. The third-order valence-corrected chi connectivity index (χ3v) is 4.03. The molecule has 0 aromatic heterocycles. The van der Waals surface area contributed by atoms with Gasteiger partial charge in [0.2, 0.25) is 0 Å². The normalized spacial score (nSPS) is 11.3. The van der Waals surface area contributed by atoms with E-state index in [0.717, 1.165) is 0 Å². The largest absolute Gasteiger partial charge is 0.508 e. The average molecular weight is 403 g/mol. The predicted molar refractivity (Wildman–Crippen MR) is 105 cm³/mol. The number of benzene rings is 2. The van der Waals surface area contributed by atoms with Crippen molar-refractivity contribution in [3.8, 4) is 5.75 Å². The number of amides is 2. The summed E-state index contributed by atoms with van der Waals surface area (Å²) >= 11 is 3.82. The number of aromatic hydroxyl groups is 1. The quantitative estimate of drug-likeness (QED) is 0.355. The molecule has 2 amide bonds. The summed E-state index contributed by atoms with van der Waals surface area (Å²) in [7, 11) is 0. The minimum absolute atomic E-state index is 0.0120. The lowest BCUT2D eigenvalue weighted by Crippen LogP contribution is -2.32. The van der Waals surface area contributed by atoms with Crippen LogP contribution in [0.25, 0.3) is 0 Å². The van der Waals surface area contributed by atoms with Crippen molar-refractivity contribution >= 4 is 30.6 Å². The van der Waals surface area contributed by atoms with Crippen LogP contribution in [-0.2, 0) is 14.3 Å². The van der Waals surface area contributed by atoms with Gasteiger partial charge in [0.05, 0.1) is 12.4 Å². The second-order valence-electron chi connectivity index (χ2n) is 5.83. The van der Waals surface area contributed by atoms with E-state index >= 15 is 0 Å². The Kier molecular flexibility index (Phi) is 8.36. The zero-order valence-corrected chi connectivity index (χ0v) is 15.9.